The van der Waals surface area contributed by atoms with Crippen molar-refractivity contribution >= 4 is 28.6 Å². The van der Waals surface area contributed by atoms with Crippen molar-refractivity contribution in [1.29, 1.82) is 0 Å². The fraction of sp³-hybridized carbons (Fsp3) is 0.130. The third-order valence-electron chi connectivity index (χ3n) is 4.77. The fourth-order valence-corrected chi connectivity index (χ4v) is 3.41. The molecule has 8 heteroatoms. The Labute approximate surface area is 182 Å². The molecular formula is C23H20FN2O4S-. The first-order valence-electron chi connectivity index (χ1n) is 9.42. The summed E-state index contributed by atoms with van der Waals surface area (Å²) in [5.74, 6) is -1.31. The molecule has 0 bridgehead atoms. The van der Waals surface area contributed by atoms with Gasteiger partial charge in [-0.1, -0.05) is 30.3 Å². The first-order chi connectivity index (χ1) is 14.8. The van der Waals surface area contributed by atoms with Crippen molar-refractivity contribution in [3.05, 3.63) is 95.8 Å². The largest absolute Gasteiger partial charge is 0.768 e. The second kappa shape index (κ2) is 10.1. The Morgan fingerprint density at radius 2 is 1.61 bits per heavy atom. The third-order valence-corrected chi connectivity index (χ3v) is 5.42. The number of likely N-dealkylation sites (N-methyl/N-ethyl adjacent to an activating group) is 1. The van der Waals surface area contributed by atoms with Gasteiger partial charge in [0.25, 0.3) is 5.91 Å². The summed E-state index contributed by atoms with van der Waals surface area (Å²) < 4.78 is 35.2. The summed E-state index contributed by atoms with van der Waals surface area (Å²) in [4.78, 5) is 27.4. The standard InChI is InChI=1S/C23H21FN2O4S/c1-26(23(28)17-7-9-18(24)10-8-17)21(15-16-5-3-2-4-6-16)22(27)25-19-11-13-20(14-12-19)31(29)30/h2-14,21H,15H2,1H3,(H,25,27)(H,29,30)/p-1/t21-/m0/s1. The number of carbonyl (C=O) groups excluding carboxylic acids is 2. The highest BCUT2D eigenvalue weighted by Crippen LogP contribution is 2.17. The van der Waals surface area contributed by atoms with Gasteiger partial charge >= 0.3 is 0 Å². The van der Waals surface area contributed by atoms with Gasteiger partial charge in [-0.15, -0.1) is 0 Å². The van der Waals surface area contributed by atoms with E-state index in [9.17, 15) is 22.7 Å². The van der Waals surface area contributed by atoms with Gasteiger partial charge in [-0.25, -0.2) is 4.39 Å². The van der Waals surface area contributed by atoms with Gasteiger partial charge in [0, 0.05) is 29.6 Å². The monoisotopic (exact) mass is 439 g/mol. The van der Waals surface area contributed by atoms with E-state index in [0.717, 1.165) is 5.56 Å². The van der Waals surface area contributed by atoms with Gasteiger partial charge in [-0.05, 0) is 65.2 Å². The van der Waals surface area contributed by atoms with Gasteiger partial charge in [0.1, 0.15) is 11.9 Å². The molecule has 1 unspecified atom stereocenters. The van der Waals surface area contributed by atoms with Gasteiger partial charge < -0.3 is 14.8 Å². The van der Waals surface area contributed by atoms with E-state index < -0.39 is 34.8 Å². The van der Waals surface area contributed by atoms with Gasteiger partial charge in [-0.2, -0.15) is 0 Å². The van der Waals surface area contributed by atoms with E-state index >= 15 is 0 Å². The first kappa shape index (κ1) is 22.3. The molecule has 0 aromatic heterocycles. The highest BCUT2D eigenvalue weighted by molar-refractivity contribution is 7.79. The zero-order valence-corrected chi connectivity index (χ0v) is 17.5. The molecule has 1 N–H and O–H groups in total. The zero-order chi connectivity index (χ0) is 22.4. The fourth-order valence-electron chi connectivity index (χ4n) is 3.06. The number of nitrogens with one attached hydrogen (secondary N) is 1. The Bertz CT molecular complexity index is 1070. The summed E-state index contributed by atoms with van der Waals surface area (Å²) in [6.07, 6.45) is 0.263. The Morgan fingerprint density at radius 3 is 2.19 bits per heavy atom. The van der Waals surface area contributed by atoms with Crippen LogP contribution in [0, 0.1) is 5.82 Å². The molecule has 3 rings (SSSR count). The lowest BCUT2D eigenvalue weighted by Crippen LogP contribution is -2.46. The van der Waals surface area contributed by atoms with Crippen molar-refractivity contribution in [3.63, 3.8) is 0 Å². The Kier molecular flexibility index (Phi) is 7.28. The van der Waals surface area contributed by atoms with E-state index in [2.05, 4.69) is 5.32 Å². The number of anilines is 1. The molecular weight excluding hydrogens is 419 g/mol. The summed E-state index contributed by atoms with van der Waals surface area (Å²) in [5.41, 5.74) is 1.52. The Balaban J connectivity index is 1.84. The van der Waals surface area contributed by atoms with Crippen LogP contribution in [0.1, 0.15) is 15.9 Å². The van der Waals surface area contributed by atoms with Crippen LogP contribution in [-0.4, -0.2) is 38.6 Å². The lowest BCUT2D eigenvalue weighted by atomic mass is 10.0. The zero-order valence-electron chi connectivity index (χ0n) is 16.7. The Morgan fingerprint density at radius 1 is 1.00 bits per heavy atom. The normalized spacial score (nSPS) is 12.6. The molecule has 6 nitrogen and oxygen atoms in total. The molecule has 0 aliphatic heterocycles. The SMILES string of the molecule is CN(C(=O)c1ccc(F)cc1)[C@@H](Cc1ccccc1)C(=O)Nc1ccc(S(=O)[O-])cc1. The second-order valence-electron chi connectivity index (χ2n) is 6.88. The molecule has 160 valence electrons. The number of hydrogen-bond acceptors (Lipinski definition) is 4. The van der Waals surface area contributed by atoms with Gasteiger partial charge in [0.05, 0.1) is 0 Å². The molecule has 0 saturated heterocycles. The smallest absolute Gasteiger partial charge is 0.254 e. The number of halogens is 1. The molecule has 0 spiro atoms. The minimum Gasteiger partial charge on any atom is -0.768 e. The predicted octanol–water partition coefficient (Wildman–Crippen LogP) is 3.39. The lowest BCUT2D eigenvalue weighted by molar-refractivity contribution is -0.120. The van der Waals surface area contributed by atoms with Crippen LogP contribution in [0.3, 0.4) is 0 Å². The summed E-state index contributed by atoms with van der Waals surface area (Å²) in [5, 5.41) is 2.73. The summed E-state index contributed by atoms with van der Waals surface area (Å²) in [6.45, 7) is 0. The molecule has 2 amide bonds. The van der Waals surface area contributed by atoms with Crippen LogP contribution in [-0.2, 0) is 22.3 Å². The average molecular weight is 439 g/mol. The number of amides is 2. The molecule has 31 heavy (non-hydrogen) atoms. The van der Waals surface area contributed by atoms with E-state index in [-0.39, 0.29) is 16.9 Å². The van der Waals surface area contributed by atoms with Gasteiger partial charge in [-0.3, -0.25) is 13.8 Å². The van der Waals surface area contributed by atoms with Crippen LogP contribution >= 0.6 is 0 Å². The van der Waals surface area contributed by atoms with Crippen LogP contribution in [0.4, 0.5) is 10.1 Å². The molecule has 0 saturated carbocycles. The third kappa shape index (κ3) is 5.84. The Hall–Kier alpha value is -3.36. The van der Waals surface area contributed by atoms with E-state index in [0.29, 0.717) is 5.69 Å². The highest BCUT2D eigenvalue weighted by atomic mass is 32.2. The number of benzene rings is 3. The maximum atomic E-state index is 13.2. The summed E-state index contributed by atoms with van der Waals surface area (Å²) in [6, 6.07) is 19.2. The van der Waals surface area contributed by atoms with Crippen molar-refractivity contribution in [2.24, 2.45) is 0 Å². The van der Waals surface area contributed by atoms with Crippen molar-refractivity contribution < 1.29 is 22.7 Å². The number of nitrogens with zero attached hydrogens (tertiary/aromatic N) is 1. The second-order valence-corrected chi connectivity index (χ2v) is 7.82. The predicted molar refractivity (Wildman–Crippen MR) is 115 cm³/mol. The number of rotatable bonds is 7. The van der Waals surface area contributed by atoms with Crippen LogP contribution in [0.25, 0.3) is 0 Å². The van der Waals surface area contributed by atoms with Crippen LogP contribution < -0.4 is 5.32 Å². The molecule has 0 aliphatic rings. The quantitative estimate of drug-likeness (QED) is 0.572. The van der Waals surface area contributed by atoms with E-state index in [1.165, 1.54) is 60.5 Å². The van der Waals surface area contributed by atoms with Crippen LogP contribution in [0.5, 0.6) is 0 Å². The molecule has 0 aliphatic carbocycles. The summed E-state index contributed by atoms with van der Waals surface area (Å²) in [7, 11) is 1.52. The van der Waals surface area contributed by atoms with Crippen LogP contribution in [0.15, 0.2) is 83.8 Å². The van der Waals surface area contributed by atoms with Gasteiger partial charge in [0.15, 0.2) is 0 Å². The van der Waals surface area contributed by atoms with Crippen molar-refractivity contribution in [3.8, 4) is 0 Å². The van der Waals surface area contributed by atoms with Crippen molar-refractivity contribution in [2.45, 2.75) is 17.4 Å². The first-order valence-corrected chi connectivity index (χ1v) is 10.5. The van der Waals surface area contributed by atoms with Crippen molar-refractivity contribution in [1.82, 2.24) is 4.90 Å². The van der Waals surface area contributed by atoms with E-state index in [1.54, 1.807) is 0 Å². The topological polar surface area (TPSA) is 89.5 Å². The molecule has 0 fully saturated rings. The number of carbonyl (C=O) groups is 2. The van der Waals surface area contributed by atoms with Crippen molar-refractivity contribution in [2.75, 3.05) is 12.4 Å². The molecule has 0 heterocycles. The molecule has 0 radical (unpaired) electrons. The summed E-state index contributed by atoms with van der Waals surface area (Å²) >= 11 is -2.36. The number of hydrogen-bond donors (Lipinski definition) is 1. The maximum absolute atomic E-state index is 13.2. The van der Waals surface area contributed by atoms with Gasteiger partial charge in [0.2, 0.25) is 5.91 Å². The minimum atomic E-state index is -2.36. The average Bonchev–Trinajstić information content (AvgIpc) is 2.78. The lowest BCUT2D eigenvalue weighted by Gasteiger charge is -2.28. The van der Waals surface area contributed by atoms with E-state index in [1.807, 2.05) is 30.3 Å². The highest BCUT2D eigenvalue weighted by Gasteiger charge is 2.28. The molecule has 3 aromatic rings. The molecule has 2 atom stereocenters. The van der Waals surface area contributed by atoms with Crippen LogP contribution in [0.2, 0.25) is 0 Å². The minimum absolute atomic E-state index is 0.0995. The van der Waals surface area contributed by atoms with E-state index in [4.69, 9.17) is 0 Å². The maximum Gasteiger partial charge on any atom is 0.254 e. The molecule has 3 aromatic carbocycles.